The van der Waals surface area contributed by atoms with Crippen LogP contribution in [0.25, 0.3) is 0 Å². The summed E-state index contributed by atoms with van der Waals surface area (Å²) in [6.07, 6.45) is -3.16. The molecule has 74 valence electrons. The topological polar surface area (TPSA) is 62.7 Å². The summed E-state index contributed by atoms with van der Waals surface area (Å²) < 4.78 is 37.2. The van der Waals surface area contributed by atoms with E-state index in [2.05, 4.69) is 4.98 Å². The first-order valence-electron chi connectivity index (χ1n) is 3.66. The summed E-state index contributed by atoms with van der Waals surface area (Å²) in [7, 11) is 0. The number of halogens is 3. The molecule has 1 rings (SSSR count). The minimum absolute atomic E-state index is 0.0746. The van der Waals surface area contributed by atoms with Crippen LogP contribution in [0.15, 0.2) is 6.07 Å². The minimum atomic E-state index is -2.92. The average molecular weight is 201 g/mol. The number of nitrogens with two attached hydrogens (primary N) is 1. The first-order chi connectivity index (χ1) is 6.56. The smallest absolute Gasteiger partial charge is 0.282 e. The van der Waals surface area contributed by atoms with Gasteiger partial charge in [-0.2, -0.15) is 9.65 Å². The summed E-state index contributed by atoms with van der Waals surface area (Å²) in [5.41, 5.74) is 4.04. The highest BCUT2D eigenvalue weighted by atomic mass is 19.3. The maximum atomic E-state index is 12.9. The minimum Gasteiger partial charge on any atom is -0.397 e. The van der Waals surface area contributed by atoms with E-state index in [1.54, 1.807) is 6.07 Å². The molecule has 0 unspecified atom stereocenters. The molecule has 1 aromatic rings. The van der Waals surface area contributed by atoms with Gasteiger partial charge in [-0.15, -0.1) is 0 Å². The predicted octanol–water partition coefficient (Wildman–Crippen LogP) is 1.81. The van der Waals surface area contributed by atoms with Crippen molar-refractivity contribution in [3.8, 4) is 6.07 Å². The molecule has 0 aliphatic carbocycles. The van der Waals surface area contributed by atoms with Crippen molar-refractivity contribution in [1.82, 2.24) is 4.98 Å². The summed E-state index contributed by atoms with van der Waals surface area (Å²) in [4.78, 5) is 3.00. The molecule has 3 nitrogen and oxygen atoms in total. The third kappa shape index (κ3) is 1.93. The molecule has 0 aliphatic rings. The van der Waals surface area contributed by atoms with Crippen LogP contribution < -0.4 is 5.73 Å². The first-order valence-corrected chi connectivity index (χ1v) is 3.66. The Labute approximate surface area is 78.0 Å². The molecule has 6 heteroatoms. The van der Waals surface area contributed by atoms with Gasteiger partial charge in [-0.25, -0.2) is 13.8 Å². The summed E-state index contributed by atoms with van der Waals surface area (Å²) in [5, 5.41) is 8.28. The molecule has 0 radical (unpaired) electrons. The normalized spacial score (nSPS) is 10.2. The lowest BCUT2D eigenvalue weighted by molar-refractivity contribution is 0.145. The zero-order valence-electron chi connectivity index (χ0n) is 6.97. The highest BCUT2D eigenvalue weighted by Gasteiger charge is 2.16. The van der Waals surface area contributed by atoms with Crippen molar-refractivity contribution in [1.29, 1.82) is 5.26 Å². The van der Waals surface area contributed by atoms with Gasteiger partial charge < -0.3 is 5.73 Å². The zero-order chi connectivity index (χ0) is 10.7. The van der Waals surface area contributed by atoms with Crippen LogP contribution in [-0.4, -0.2) is 4.98 Å². The monoisotopic (exact) mass is 201 g/mol. The van der Waals surface area contributed by atoms with Crippen LogP contribution in [0.5, 0.6) is 0 Å². The highest BCUT2D eigenvalue weighted by Crippen LogP contribution is 2.24. The van der Waals surface area contributed by atoms with Gasteiger partial charge in [0.1, 0.15) is 5.69 Å². The maximum absolute atomic E-state index is 12.9. The molecule has 0 saturated heterocycles. The van der Waals surface area contributed by atoms with E-state index >= 15 is 0 Å². The number of aromatic nitrogens is 1. The van der Waals surface area contributed by atoms with E-state index in [4.69, 9.17) is 11.0 Å². The van der Waals surface area contributed by atoms with Crippen molar-refractivity contribution >= 4 is 5.69 Å². The van der Waals surface area contributed by atoms with Gasteiger partial charge in [0.15, 0.2) is 0 Å². The first kappa shape index (κ1) is 10.3. The predicted molar refractivity (Wildman–Crippen MR) is 42.9 cm³/mol. The van der Waals surface area contributed by atoms with Gasteiger partial charge in [-0.3, -0.25) is 0 Å². The van der Waals surface area contributed by atoms with E-state index < -0.39 is 18.1 Å². The van der Waals surface area contributed by atoms with Gasteiger partial charge in [0.25, 0.3) is 6.43 Å². The van der Waals surface area contributed by atoms with Gasteiger partial charge in [0.05, 0.1) is 18.2 Å². The molecule has 0 bridgehead atoms. The molecule has 2 N–H and O–H groups in total. The molecular formula is C8H6F3N3. The largest absolute Gasteiger partial charge is 0.397 e. The second kappa shape index (κ2) is 3.96. The van der Waals surface area contributed by atoms with Crippen molar-refractivity contribution in [3.05, 3.63) is 23.3 Å². The number of rotatable bonds is 2. The number of anilines is 1. The molecule has 0 fully saturated rings. The van der Waals surface area contributed by atoms with E-state index in [-0.39, 0.29) is 17.7 Å². The lowest BCUT2D eigenvalue weighted by atomic mass is 10.2. The van der Waals surface area contributed by atoms with Gasteiger partial charge in [-0.1, -0.05) is 0 Å². The van der Waals surface area contributed by atoms with Crippen molar-refractivity contribution in [3.63, 3.8) is 0 Å². The van der Waals surface area contributed by atoms with Crippen LogP contribution >= 0.6 is 0 Å². The number of pyridine rings is 1. The van der Waals surface area contributed by atoms with Gasteiger partial charge in [0, 0.05) is 5.56 Å². The van der Waals surface area contributed by atoms with E-state index in [0.29, 0.717) is 0 Å². The molecule has 0 amide bonds. The van der Waals surface area contributed by atoms with Crippen molar-refractivity contribution in [2.45, 2.75) is 12.8 Å². The van der Waals surface area contributed by atoms with Crippen molar-refractivity contribution in [2.24, 2.45) is 0 Å². The lowest BCUT2D eigenvalue weighted by Crippen LogP contribution is -2.04. The third-order valence-corrected chi connectivity index (χ3v) is 1.59. The van der Waals surface area contributed by atoms with Gasteiger partial charge in [0.2, 0.25) is 5.95 Å². The number of nitrogen functional groups attached to an aromatic ring is 1. The molecule has 1 heterocycles. The van der Waals surface area contributed by atoms with Crippen LogP contribution in [0, 0.1) is 17.3 Å². The van der Waals surface area contributed by atoms with Gasteiger partial charge in [-0.05, 0) is 6.07 Å². The summed E-state index contributed by atoms with van der Waals surface area (Å²) in [6, 6.07) is 2.68. The quantitative estimate of drug-likeness (QED) is 0.742. The fraction of sp³-hybridized carbons (Fsp3) is 0.250. The number of hydrogen-bond acceptors (Lipinski definition) is 3. The van der Waals surface area contributed by atoms with Gasteiger partial charge >= 0.3 is 0 Å². The van der Waals surface area contributed by atoms with E-state index in [0.717, 1.165) is 6.07 Å². The van der Waals surface area contributed by atoms with Crippen LogP contribution in [0.1, 0.15) is 17.7 Å². The average Bonchev–Trinajstić information content (AvgIpc) is 2.10. The van der Waals surface area contributed by atoms with Crippen LogP contribution in [-0.2, 0) is 6.42 Å². The Balaban J connectivity index is 3.18. The number of nitriles is 1. The number of nitrogens with zero attached hydrogens (tertiary/aromatic N) is 2. The fourth-order valence-electron chi connectivity index (χ4n) is 0.947. The summed E-state index contributed by atoms with van der Waals surface area (Å²) >= 11 is 0. The third-order valence-electron chi connectivity index (χ3n) is 1.59. The second-order valence-corrected chi connectivity index (χ2v) is 2.55. The molecule has 14 heavy (non-hydrogen) atoms. The van der Waals surface area contributed by atoms with Crippen LogP contribution in [0.4, 0.5) is 18.9 Å². The second-order valence-electron chi connectivity index (χ2n) is 2.55. The molecule has 0 saturated carbocycles. The van der Waals surface area contributed by atoms with E-state index in [1.165, 1.54) is 0 Å². The Bertz CT molecular complexity index is 384. The highest BCUT2D eigenvalue weighted by molar-refractivity contribution is 5.46. The standard InChI is InChI=1S/C8H6F3N3/c9-7(10)6-5(13)3-4(1-2-12)8(11)14-6/h3,7H,1,13H2. The van der Waals surface area contributed by atoms with E-state index in [1.807, 2.05) is 0 Å². The molecule has 0 aliphatic heterocycles. The maximum Gasteiger partial charge on any atom is 0.282 e. The van der Waals surface area contributed by atoms with Crippen LogP contribution in [0.2, 0.25) is 0 Å². The molecular weight excluding hydrogens is 195 g/mol. The fourth-order valence-corrected chi connectivity index (χ4v) is 0.947. The Morgan fingerprint density at radius 1 is 1.57 bits per heavy atom. The summed E-state index contributed by atoms with van der Waals surface area (Å²) in [6.45, 7) is 0. The van der Waals surface area contributed by atoms with Crippen LogP contribution in [0.3, 0.4) is 0 Å². The number of alkyl halides is 2. The Morgan fingerprint density at radius 3 is 2.71 bits per heavy atom. The molecule has 1 aromatic heterocycles. The summed E-state index contributed by atoms with van der Waals surface area (Å²) in [5.74, 6) is -1.07. The Kier molecular flexibility index (Phi) is 2.92. The Hall–Kier alpha value is -1.77. The number of hydrogen-bond donors (Lipinski definition) is 1. The molecule has 0 spiro atoms. The molecule has 0 aromatic carbocycles. The van der Waals surface area contributed by atoms with Crippen molar-refractivity contribution in [2.75, 3.05) is 5.73 Å². The molecule has 0 atom stereocenters. The Morgan fingerprint density at radius 2 is 2.21 bits per heavy atom. The zero-order valence-corrected chi connectivity index (χ0v) is 6.97. The lowest BCUT2D eigenvalue weighted by Gasteiger charge is -2.05. The van der Waals surface area contributed by atoms with Crippen molar-refractivity contribution < 1.29 is 13.2 Å². The SMILES string of the molecule is N#CCc1cc(N)c(C(F)F)nc1F. The van der Waals surface area contributed by atoms with E-state index in [9.17, 15) is 13.2 Å².